The zero-order chi connectivity index (χ0) is 14.3. The second-order valence-electron chi connectivity index (χ2n) is 5.97. The van der Waals surface area contributed by atoms with Gasteiger partial charge in [-0.05, 0) is 67.5 Å². The fourth-order valence-corrected chi connectivity index (χ4v) is 1.98. The summed E-state index contributed by atoms with van der Waals surface area (Å²) in [5, 5.41) is 12.5. The number of nitrogens with one attached hydrogen (secondary N) is 1. The number of carboxylic acid groups (broad SMARTS) is 1. The van der Waals surface area contributed by atoms with Crippen LogP contribution >= 0.6 is 0 Å². The van der Waals surface area contributed by atoms with Gasteiger partial charge < -0.3 is 10.0 Å². The molecule has 0 aliphatic rings. The zero-order valence-corrected chi connectivity index (χ0v) is 12.8. The van der Waals surface area contributed by atoms with Crippen molar-refractivity contribution in [2.75, 3.05) is 13.6 Å². The van der Waals surface area contributed by atoms with Crippen molar-refractivity contribution >= 4 is 5.97 Å². The predicted molar refractivity (Wildman–Crippen MR) is 75.9 cm³/mol. The average molecular weight is 258 g/mol. The Labute approximate surface area is 112 Å². The largest absolute Gasteiger partial charge is 0.480 e. The van der Waals surface area contributed by atoms with Crippen molar-refractivity contribution in [2.24, 2.45) is 0 Å². The highest BCUT2D eigenvalue weighted by molar-refractivity contribution is 5.78. The highest BCUT2D eigenvalue weighted by atomic mass is 16.4. The highest BCUT2D eigenvalue weighted by Crippen LogP contribution is 2.16. The zero-order valence-electron chi connectivity index (χ0n) is 12.8. The van der Waals surface area contributed by atoms with Crippen LogP contribution in [0, 0.1) is 0 Å². The lowest BCUT2D eigenvalue weighted by Gasteiger charge is -2.29. The summed E-state index contributed by atoms with van der Waals surface area (Å²) in [5.74, 6) is -0.756. The van der Waals surface area contributed by atoms with Gasteiger partial charge in [-0.1, -0.05) is 0 Å². The summed E-state index contributed by atoms with van der Waals surface area (Å²) in [4.78, 5) is 13.6. The van der Waals surface area contributed by atoms with Crippen LogP contribution in [0.3, 0.4) is 0 Å². The van der Waals surface area contributed by atoms with Crippen LogP contribution in [0.2, 0.25) is 0 Å². The lowest BCUT2D eigenvalue weighted by atomic mass is 9.94. The third kappa shape index (κ3) is 6.36. The van der Waals surface area contributed by atoms with E-state index in [2.05, 4.69) is 31.1 Å². The van der Waals surface area contributed by atoms with Gasteiger partial charge in [0.25, 0.3) is 0 Å². The highest BCUT2D eigenvalue weighted by Gasteiger charge is 2.32. The van der Waals surface area contributed by atoms with Crippen LogP contribution in [-0.4, -0.2) is 47.2 Å². The topological polar surface area (TPSA) is 52.6 Å². The molecule has 18 heavy (non-hydrogen) atoms. The quantitative estimate of drug-likeness (QED) is 0.623. The van der Waals surface area contributed by atoms with Gasteiger partial charge in [-0.15, -0.1) is 0 Å². The first-order valence-corrected chi connectivity index (χ1v) is 6.90. The van der Waals surface area contributed by atoms with Gasteiger partial charge in [0.05, 0.1) is 0 Å². The molecule has 0 fully saturated rings. The van der Waals surface area contributed by atoms with Gasteiger partial charge >= 0.3 is 5.97 Å². The van der Waals surface area contributed by atoms with Crippen molar-refractivity contribution in [2.45, 2.75) is 71.5 Å². The van der Waals surface area contributed by atoms with Gasteiger partial charge in [0.1, 0.15) is 5.54 Å². The number of carboxylic acids is 1. The van der Waals surface area contributed by atoms with E-state index in [1.165, 1.54) is 0 Å². The van der Waals surface area contributed by atoms with Gasteiger partial charge in [0.2, 0.25) is 0 Å². The van der Waals surface area contributed by atoms with E-state index >= 15 is 0 Å². The Bertz CT molecular complexity index is 254. The summed E-state index contributed by atoms with van der Waals surface area (Å²) < 4.78 is 0. The molecule has 0 saturated heterocycles. The molecule has 0 aromatic carbocycles. The van der Waals surface area contributed by atoms with Crippen LogP contribution in [0.5, 0.6) is 0 Å². The second-order valence-corrected chi connectivity index (χ2v) is 5.97. The second kappa shape index (κ2) is 7.74. The molecule has 0 radical (unpaired) electrons. The molecule has 1 unspecified atom stereocenters. The molecule has 0 rings (SSSR count). The molecule has 0 spiro atoms. The van der Waals surface area contributed by atoms with Gasteiger partial charge in [-0.2, -0.15) is 0 Å². The summed E-state index contributed by atoms with van der Waals surface area (Å²) in [6.07, 6.45) is 2.64. The fourth-order valence-electron chi connectivity index (χ4n) is 1.98. The molecule has 0 saturated carbocycles. The standard InChI is InChI=1S/C14H30N2O2/c1-11(2)15-14(5,13(17)18)9-7-8-10-16(6)12(3)4/h11-12,15H,7-10H2,1-6H3,(H,17,18). The molecule has 0 heterocycles. The molecular weight excluding hydrogens is 228 g/mol. The van der Waals surface area contributed by atoms with Crippen LogP contribution in [0.1, 0.15) is 53.9 Å². The first-order chi connectivity index (χ1) is 8.19. The normalized spacial score (nSPS) is 15.4. The first kappa shape index (κ1) is 17.4. The average Bonchev–Trinajstić information content (AvgIpc) is 2.22. The third-order valence-electron chi connectivity index (χ3n) is 3.40. The van der Waals surface area contributed by atoms with Crippen LogP contribution in [0.25, 0.3) is 0 Å². The molecule has 4 heteroatoms. The van der Waals surface area contributed by atoms with E-state index in [9.17, 15) is 9.90 Å². The first-order valence-electron chi connectivity index (χ1n) is 6.90. The summed E-state index contributed by atoms with van der Waals surface area (Å²) in [5.41, 5.74) is -0.801. The minimum atomic E-state index is -0.801. The van der Waals surface area contributed by atoms with Crippen molar-refractivity contribution in [1.82, 2.24) is 10.2 Å². The molecule has 0 amide bonds. The van der Waals surface area contributed by atoms with Gasteiger partial charge in [-0.25, -0.2) is 0 Å². The number of carbonyl (C=O) groups is 1. The lowest BCUT2D eigenvalue weighted by molar-refractivity contribution is -0.144. The number of hydrogen-bond acceptors (Lipinski definition) is 3. The Balaban J connectivity index is 4.10. The Kier molecular flexibility index (Phi) is 7.48. The monoisotopic (exact) mass is 258 g/mol. The van der Waals surface area contributed by atoms with E-state index in [0.29, 0.717) is 12.5 Å². The molecule has 0 aromatic rings. The molecule has 0 aliphatic carbocycles. The smallest absolute Gasteiger partial charge is 0.323 e. The Hall–Kier alpha value is -0.610. The van der Waals surface area contributed by atoms with E-state index < -0.39 is 11.5 Å². The molecule has 0 bridgehead atoms. The molecular formula is C14H30N2O2. The SMILES string of the molecule is CC(C)NC(C)(CCCCN(C)C(C)C)C(=O)O. The van der Waals surface area contributed by atoms with E-state index in [-0.39, 0.29) is 6.04 Å². The lowest BCUT2D eigenvalue weighted by Crippen LogP contribution is -2.52. The summed E-state index contributed by atoms with van der Waals surface area (Å²) in [7, 11) is 2.10. The summed E-state index contributed by atoms with van der Waals surface area (Å²) >= 11 is 0. The maximum absolute atomic E-state index is 11.3. The fraction of sp³-hybridized carbons (Fsp3) is 0.929. The van der Waals surface area contributed by atoms with E-state index in [0.717, 1.165) is 19.4 Å². The molecule has 108 valence electrons. The number of aliphatic carboxylic acids is 1. The molecule has 0 aromatic heterocycles. The number of nitrogens with zero attached hydrogens (tertiary/aromatic N) is 1. The molecule has 0 aliphatic heterocycles. The van der Waals surface area contributed by atoms with Crippen molar-refractivity contribution in [3.8, 4) is 0 Å². The van der Waals surface area contributed by atoms with E-state index in [4.69, 9.17) is 0 Å². The summed E-state index contributed by atoms with van der Waals surface area (Å²) in [6.45, 7) is 11.1. The minimum Gasteiger partial charge on any atom is -0.480 e. The van der Waals surface area contributed by atoms with Crippen LogP contribution in [0.4, 0.5) is 0 Å². The van der Waals surface area contributed by atoms with Gasteiger partial charge in [0.15, 0.2) is 0 Å². The van der Waals surface area contributed by atoms with E-state index in [1.54, 1.807) is 6.92 Å². The number of unbranched alkanes of at least 4 members (excludes halogenated alkanes) is 1. The number of rotatable bonds is 9. The van der Waals surface area contributed by atoms with E-state index in [1.807, 2.05) is 13.8 Å². The van der Waals surface area contributed by atoms with Crippen molar-refractivity contribution < 1.29 is 9.90 Å². The minimum absolute atomic E-state index is 0.185. The van der Waals surface area contributed by atoms with Gasteiger partial charge in [-0.3, -0.25) is 10.1 Å². The third-order valence-corrected chi connectivity index (χ3v) is 3.40. The van der Waals surface area contributed by atoms with Crippen LogP contribution in [0.15, 0.2) is 0 Å². The Morgan fingerprint density at radius 3 is 2.22 bits per heavy atom. The Morgan fingerprint density at radius 1 is 1.28 bits per heavy atom. The predicted octanol–water partition coefficient (Wildman–Crippen LogP) is 2.34. The number of hydrogen-bond donors (Lipinski definition) is 2. The van der Waals surface area contributed by atoms with Crippen molar-refractivity contribution in [3.05, 3.63) is 0 Å². The van der Waals surface area contributed by atoms with Crippen molar-refractivity contribution in [3.63, 3.8) is 0 Å². The molecule has 1 atom stereocenters. The van der Waals surface area contributed by atoms with Gasteiger partial charge in [0, 0.05) is 12.1 Å². The summed E-state index contributed by atoms with van der Waals surface area (Å²) in [6, 6.07) is 0.731. The Morgan fingerprint density at radius 2 is 1.83 bits per heavy atom. The maximum Gasteiger partial charge on any atom is 0.323 e. The maximum atomic E-state index is 11.3. The molecule has 2 N–H and O–H groups in total. The van der Waals surface area contributed by atoms with Crippen molar-refractivity contribution in [1.29, 1.82) is 0 Å². The molecule has 4 nitrogen and oxygen atoms in total. The van der Waals surface area contributed by atoms with Crippen LogP contribution in [-0.2, 0) is 4.79 Å². The van der Waals surface area contributed by atoms with Crippen LogP contribution < -0.4 is 5.32 Å².